The number of amides is 1. The van der Waals surface area contributed by atoms with E-state index < -0.39 is 0 Å². The maximum Gasteiger partial charge on any atom is 0.220 e. The van der Waals surface area contributed by atoms with Crippen molar-refractivity contribution in [2.45, 2.75) is 25.7 Å². The van der Waals surface area contributed by atoms with Gasteiger partial charge in [-0.1, -0.05) is 0 Å². The van der Waals surface area contributed by atoms with E-state index in [1.165, 1.54) is 13.0 Å². The van der Waals surface area contributed by atoms with Crippen LogP contribution in [0.2, 0.25) is 0 Å². The molecule has 0 aromatic heterocycles. The molecule has 1 aliphatic rings. The average Bonchev–Trinajstić information content (AvgIpc) is 2.61. The van der Waals surface area contributed by atoms with Gasteiger partial charge in [-0.2, -0.15) is 0 Å². The second-order valence-electron chi connectivity index (χ2n) is 4.38. The van der Waals surface area contributed by atoms with Gasteiger partial charge in [-0.3, -0.25) is 4.79 Å². The number of hydrogen-bond acceptors (Lipinski definition) is 3. The summed E-state index contributed by atoms with van der Waals surface area (Å²) >= 11 is 0. The van der Waals surface area contributed by atoms with Crippen molar-refractivity contribution in [2.75, 3.05) is 33.3 Å². The SMILES string of the molecule is CN1CCC(CCNC(=O)CCCO)C1. The van der Waals surface area contributed by atoms with Crippen LogP contribution < -0.4 is 5.32 Å². The van der Waals surface area contributed by atoms with Crippen LogP contribution in [-0.4, -0.2) is 49.2 Å². The van der Waals surface area contributed by atoms with Crippen molar-refractivity contribution < 1.29 is 9.90 Å². The van der Waals surface area contributed by atoms with Gasteiger partial charge in [-0.05, 0) is 38.8 Å². The van der Waals surface area contributed by atoms with Gasteiger partial charge in [0.2, 0.25) is 5.91 Å². The van der Waals surface area contributed by atoms with Crippen molar-refractivity contribution in [1.82, 2.24) is 10.2 Å². The summed E-state index contributed by atoms with van der Waals surface area (Å²) < 4.78 is 0. The van der Waals surface area contributed by atoms with E-state index in [0.717, 1.165) is 25.4 Å². The van der Waals surface area contributed by atoms with Gasteiger partial charge in [0.25, 0.3) is 0 Å². The molecule has 1 aliphatic heterocycles. The molecule has 0 aromatic rings. The third-order valence-corrected chi connectivity index (χ3v) is 2.93. The van der Waals surface area contributed by atoms with Crippen molar-refractivity contribution >= 4 is 5.91 Å². The van der Waals surface area contributed by atoms with Crippen molar-refractivity contribution in [3.8, 4) is 0 Å². The number of nitrogens with one attached hydrogen (secondary N) is 1. The fourth-order valence-electron chi connectivity index (χ4n) is 2.01. The molecular formula is C11H22N2O2. The lowest BCUT2D eigenvalue weighted by atomic mass is 10.1. The minimum absolute atomic E-state index is 0.0652. The molecule has 0 aromatic carbocycles. The van der Waals surface area contributed by atoms with E-state index in [2.05, 4.69) is 17.3 Å². The van der Waals surface area contributed by atoms with E-state index >= 15 is 0 Å². The Labute approximate surface area is 91.6 Å². The summed E-state index contributed by atoms with van der Waals surface area (Å²) in [6.07, 6.45) is 3.34. The lowest BCUT2D eigenvalue weighted by molar-refractivity contribution is -0.121. The first kappa shape index (κ1) is 12.5. The number of nitrogens with zero attached hydrogens (tertiary/aromatic N) is 1. The summed E-state index contributed by atoms with van der Waals surface area (Å²) in [5.74, 6) is 0.809. The van der Waals surface area contributed by atoms with Crippen LogP contribution in [0.1, 0.15) is 25.7 Å². The highest BCUT2D eigenvalue weighted by Crippen LogP contribution is 2.16. The van der Waals surface area contributed by atoms with Gasteiger partial charge in [0.15, 0.2) is 0 Å². The van der Waals surface area contributed by atoms with Gasteiger partial charge in [0, 0.05) is 26.1 Å². The lowest BCUT2D eigenvalue weighted by Crippen LogP contribution is -2.26. The summed E-state index contributed by atoms with van der Waals surface area (Å²) in [6.45, 7) is 3.22. The summed E-state index contributed by atoms with van der Waals surface area (Å²) in [5, 5.41) is 11.4. The Morgan fingerprint density at radius 2 is 2.40 bits per heavy atom. The Kier molecular flexibility index (Phi) is 5.65. The molecule has 1 unspecified atom stereocenters. The van der Waals surface area contributed by atoms with Crippen molar-refractivity contribution in [3.05, 3.63) is 0 Å². The van der Waals surface area contributed by atoms with Gasteiger partial charge in [-0.15, -0.1) is 0 Å². The summed E-state index contributed by atoms with van der Waals surface area (Å²) in [4.78, 5) is 13.5. The van der Waals surface area contributed by atoms with Gasteiger partial charge < -0.3 is 15.3 Å². The molecule has 1 saturated heterocycles. The maximum atomic E-state index is 11.2. The molecule has 4 nitrogen and oxygen atoms in total. The van der Waals surface area contributed by atoms with E-state index in [1.807, 2.05) is 0 Å². The normalized spacial score (nSPS) is 21.9. The number of carbonyl (C=O) groups is 1. The van der Waals surface area contributed by atoms with Crippen LogP contribution in [0.3, 0.4) is 0 Å². The fourth-order valence-corrected chi connectivity index (χ4v) is 2.01. The first-order valence-electron chi connectivity index (χ1n) is 5.78. The number of carbonyl (C=O) groups excluding carboxylic acids is 1. The Hall–Kier alpha value is -0.610. The molecule has 1 amide bonds. The first-order chi connectivity index (χ1) is 7.22. The topological polar surface area (TPSA) is 52.6 Å². The third kappa shape index (κ3) is 5.14. The van der Waals surface area contributed by atoms with E-state index in [0.29, 0.717) is 12.8 Å². The quantitative estimate of drug-likeness (QED) is 0.665. The minimum atomic E-state index is 0.0652. The highest BCUT2D eigenvalue weighted by Gasteiger charge is 2.18. The summed E-state index contributed by atoms with van der Waals surface area (Å²) in [7, 11) is 2.14. The predicted molar refractivity (Wildman–Crippen MR) is 59.6 cm³/mol. The van der Waals surface area contributed by atoms with Crippen LogP contribution in [0, 0.1) is 5.92 Å². The van der Waals surface area contributed by atoms with Crippen LogP contribution in [-0.2, 0) is 4.79 Å². The Morgan fingerprint density at radius 1 is 1.60 bits per heavy atom. The average molecular weight is 214 g/mol. The Balaban J connectivity index is 1.98. The first-order valence-corrected chi connectivity index (χ1v) is 5.78. The van der Waals surface area contributed by atoms with E-state index in [4.69, 9.17) is 5.11 Å². The molecule has 0 saturated carbocycles. The van der Waals surface area contributed by atoms with E-state index in [9.17, 15) is 4.79 Å². The fraction of sp³-hybridized carbons (Fsp3) is 0.909. The zero-order valence-corrected chi connectivity index (χ0v) is 9.54. The van der Waals surface area contributed by atoms with Gasteiger partial charge in [0.1, 0.15) is 0 Å². The van der Waals surface area contributed by atoms with Gasteiger partial charge in [0.05, 0.1) is 0 Å². The number of aliphatic hydroxyl groups excluding tert-OH is 1. The highest BCUT2D eigenvalue weighted by molar-refractivity contribution is 5.75. The lowest BCUT2D eigenvalue weighted by Gasteiger charge is -2.10. The van der Waals surface area contributed by atoms with Crippen LogP contribution in [0.5, 0.6) is 0 Å². The van der Waals surface area contributed by atoms with Crippen molar-refractivity contribution in [3.63, 3.8) is 0 Å². The number of hydrogen-bond donors (Lipinski definition) is 2. The Bertz CT molecular complexity index is 197. The molecule has 0 bridgehead atoms. The molecule has 2 N–H and O–H groups in total. The monoisotopic (exact) mass is 214 g/mol. The standard InChI is InChI=1S/C11H22N2O2/c1-13-7-5-10(9-13)4-6-12-11(15)3-2-8-14/h10,14H,2-9H2,1H3,(H,12,15). The maximum absolute atomic E-state index is 11.2. The van der Waals surface area contributed by atoms with Crippen LogP contribution in [0.4, 0.5) is 0 Å². The molecule has 0 radical (unpaired) electrons. The minimum Gasteiger partial charge on any atom is -0.396 e. The Morgan fingerprint density at radius 3 is 3.00 bits per heavy atom. The zero-order chi connectivity index (χ0) is 11.1. The van der Waals surface area contributed by atoms with Crippen LogP contribution in [0.15, 0.2) is 0 Å². The summed E-state index contributed by atoms with van der Waals surface area (Å²) in [6, 6.07) is 0. The van der Waals surface area contributed by atoms with Gasteiger partial charge >= 0.3 is 0 Å². The highest BCUT2D eigenvalue weighted by atomic mass is 16.3. The number of likely N-dealkylation sites (tertiary alicyclic amines) is 1. The summed E-state index contributed by atoms with van der Waals surface area (Å²) in [5.41, 5.74) is 0. The van der Waals surface area contributed by atoms with E-state index in [1.54, 1.807) is 0 Å². The molecule has 0 spiro atoms. The third-order valence-electron chi connectivity index (χ3n) is 2.93. The molecule has 1 fully saturated rings. The smallest absolute Gasteiger partial charge is 0.220 e. The molecule has 0 aliphatic carbocycles. The molecule has 15 heavy (non-hydrogen) atoms. The zero-order valence-electron chi connectivity index (χ0n) is 9.54. The van der Waals surface area contributed by atoms with Crippen molar-refractivity contribution in [1.29, 1.82) is 0 Å². The van der Waals surface area contributed by atoms with Crippen molar-refractivity contribution in [2.24, 2.45) is 5.92 Å². The predicted octanol–water partition coefficient (Wildman–Crippen LogP) is 0.217. The second-order valence-corrected chi connectivity index (χ2v) is 4.38. The molecule has 1 heterocycles. The largest absolute Gasteiger partial charge is 0.396 e. The second kappa shape index (κ2) is 6.80. The van der Waals surface area contributed by atoms with E-state index in [-0.39, 0.29) is 12.5 Å². The van der Waals surface area contributed by atoms with Crippen LogP contribution in [0.25, 0.3) is 0 Å². The molecule has 4 heteroatoms. The van der Waals surface area contributed by atoms with Gasteiger partial charge in [-0.25, -0.2) is 0 Å². The molecular weight excluding hydrogens is 192 g/mol. The van der Waals surface area contributed by atoms with Crippen LogP contribution >= 0.6 is 0 Å². The molecule has 88 valence electrons. The number of aliphatic hydroxyl groups is 1. The number of rotatable bonds is 6. The molecule has 1 atom stereocenters. The molecule has 1 rings (SSSR count).